The Hall–Kier alpha value is -2.07. The van der Waals surface area contributed by atoms with E-state index in [4.69, 9.17) is 16.6 Å². The molecule has 2 aromatic heterocycles. The van der Waals surface area contributed by atoms with E-state index in [-0.39, 0.29) is 5.56 Å². The molecule has 0 bridgehead atoms. The summed E-state index contributed by atoms with van der Waals surface area (Å²) < 4.78 is 3.76. The molecule has 0 spiro atoms. The van der Waals surface area contributed by atoms with Gasteiger partial charge in [-0.15, -0.1) is 0 Å². The topological polar surface area (TPSA) is 39.3 Å². The Morgan fingerprint density at radius 3 is 2.58 bits per heavy atom. The largest absolute Gasteiger partial charge is 0.315 e. The van der Waals surface area contributed by atoms with Crippen LogP contribution < -0.4 is 5.56 Å². The van der Waals surface area contributed by atoms with Crippen molar-refractivity contribution in [2.24, 2.45) is 5.92 Å². The molecular weight excluding hydrogens is 322 g/mol. The SMILES string of the molecule is Cc1cc(=O)n2cc(-c3ccc(Cl)cc3)nc2n1CCCC(C)C. The Bertz CT molecular complexity index is 907. The van der Waals surface area contributed by atoms with Crippen molar-refractivity contribution in [3.63, 3.8) is 0 Å². The van der Waals surface area contributed by atoms with Crippen molar-refractivity contribution in [3.05, 3.63) is 57.6 Å². The second-order valence-corrected chi connectivity index (χ2v) is 7.05. The number of halogens is 1. The molecule has 1 aromatic carbocycles. The second-order valence-electron chi connectivity index (χ2n) is 6.61. The third kappa shape index (κ3) is 3.39. The summed E-state index contributed by atoms with van der Waals surface area (Å²) in [4.78, 5) is 17.0. The maximum atomic E-state index is 12.3. The average Bonchev–Trinajstić information content (AvgIpc) is 2.96. The van der Waals surface area contributed by atoms with Crippen LogP contribution in [0.25, 0.3) is 17.0 Å². The number of aromatic nitrogens is 3. The minimum Gasteiger partial charge on any atom is -0.315 e. The Morgan fingerprint density at radius 2 is 1.92 bits per heavy atom. The molecule has 0 N–H and O–H groups in total. The Kier molecular flexibility index (Phi) is 4.76. The molecule has 0 aliphatic carbocycles. The summed E-state index contributed by atoms with van der Waals surface area (Å²) in [7, 11) is 0. The van der Waals surface area contributed by atoms with Gasteiger partial charge in [0.2, 0.25) is 5.78 Å². The highest BCUT2D eigenvalue weighted by molar-refractivity contribution is 6.30. The molecule has 0 aliphatic rings. The van der Waals surface area contributed by atoms with Gasteiger partial charge in [0.05, 0.1) is 5.69 Å². The number of rotatable bonds is 5. The third-order valence-electron chi connectivity index (χ3n) is 4.23. The molecule has 0 radical (unpaired) electrons. The summed E-state index contributed by atoms with van der Waals surface area (Å²) in [6.45, 7) is 7.28. The Balaban J connectivity index is 2.05. The van der Waals surface area contributed by atoms with Gasteiger partial charge >= 0.3 is 0 Å². The third-order valence-corrected chi connectivity index (χ3v) is 4.48. The first-order chi connectivity index (χ1) is 11.5. The molecular formula is C19H22ClN3O. The summed E-state index contributed by atoms with van der Waals surface area (Å²) >= 11 is 5.95. The van der Waals surface area contributed by atoms with Gasteiger partial charge < -0.3 is 4.57 Å². The van der Waals surface area contributed by atoms with E-state index in [9.17, 15) is 4.79 Å². The van der Waals surface area contributed by atoms with Crippen molar-refractivity contribution >= 4 is 17.4 Å². The first-order valence-corrected chi connectivity index (χ1v) is 8.69. The van der Waals surface area contributed by atoms with E-state index in [0.29, 0.717) is 16.7 Å². The number of aryl methyl sites for hydroxylation is 2. The van der Waals surface area contributed by atoms with Gasteiger partial charge in [0.1, 0.15) is 0 Å². The lowest BCUT2D eigenvalue weighted by Crippen LogP contribution is -2.19. The maximum absolute atomic E-state index is 12.3. The Labute approximate surface area is 146 Å². The van der Waals surface area contributed by atoms with Gasteiger partial charge in [-0.05, 0) is 37.8 Å². The molecule has 4 nitrogen and oxygen atoms in total. The van der Waals surface area contributed by atoms with Gasteiger partial charge in [0.25, 0.3) is 5.56 Å². The van der Waals surface area contributed by atoms with Crippen molar-refractivity contribution in [1.82, 2.24) is 14.0 Å². The summed E-state index contributed by atoms with van der Waals surface area (Å²) in [6.07, 6.45) is 4.03. The highest BCUT2D eigenvalue weighted by Gasteiger charge is 2.12. The van der Waals surface area contributed by atoms with Crippen molar-refractivity contribution in [3.8, 4) is 11.3 Å². The molecule has 24 heavy (non-hydrogen) atoms. The van der Waals surface area contributed by atoms with E-state index in [2.05, 4.69) is 18.4 Å². The highest BCUT2D eigenvalue weighted by atomic mass is 35.5. The maximum Gasteiger partial charge on any atom is 0.259 e. The number of hydrogen-bond donors (Lipinski definition) is 0. The van der Waals surface area contributed by atoms with Gasteiger partial charge in [-0.2, -0.15) is 0 Å². The van der Waals surface area contributed by atoms with Crippen molar-refractivity contribution in [2.45, 2.75) is 40.2 Å². The van der Waals surface area contributed by atoms with Crippen molar-refractivity contribution < 1.29 is 0 Å². The molecule has 3 rings (SSSR count). The van der Waals surface area contributed by atoms with Gasteiger partial charge in [0, 0.05) is 35.1 Å². The number of imidazole rings is 1. The average molecular weight is 344 g/mol. The van der Waals surface area contributed by atoms with E-state index >= 15 is 0 Å². The van der Waals surface area contributed by atoms with Crippen molar-refractivity contribution in [2.75, 3.05) is 0 Å². The Morgan fingerprint density at radius 1 is 1.21 bits per heavy atom. The molecule has 0 unspecified atom stereocenters. The van der Waals surface area contributed by atoms with Gasteiger partial charge in [-0.1, -0.05) is 37.6 Å². The number of hydrogen-bond acceptors (Lipinski definition) is 2. The fraction of sp³-hybridized carbons (Fsp3) is 0.368. The smallest absolute Gasteiger partial charge is 0.259 e. The van der Waals surface area contributed by atoms with Crippen LogP contribution in [0.1, 0.15) is 32.4 Å². The molecule has 3 aromatic rings. The van der Waals surface area contributed by atoms with Crippen LogP contribution in [0.2, 0.25) is 5.02 Å². The zero-order valence-corrected chi connectivity index (χ0v) is 15.0. The second kappa shape index (κ2) is 6.81. The number of fused-ring (bicyclic) bond motifs is 1. The van der Waals surface area contributed by atoms with Crippen LogP contribution in [-0.2, 0) is 6.54 Å². The number of benzene rings is 1. The van der Waals surface area contributed by atoms with Gasteiger partial charge in [0.15, 0.2) is 0 Å². The molecule has 0 atom stereocenters. The van der Waals surface area contributed by atoms with E-state index in [1.807, 2.05) is 31.2 Å². The quantitative estimate of drug-likeness (QED) is 0.681. The van der Waals surface area contributed by atoms with E-state index in [1.165, 1.54) is 0 Å². The highest BCUT2D eigenvalue weighted by Crippen LogP contribution is 2.21. The summed E-state index contributed by atoms with van der Waals surface area (Å²) in [5, 5.41) is 0.687. The lowest BCUT2D eigenvalue weighted by Gasteiger charge is -2.12. The predicted molar refractivity (Wildman–Crippen MR) is 98.7 cm³/mol. The molecule has 0 aliphatic heterocycles. The standard InChI is InChI=1S/C19H22ClN3O/c1-13(2)5-4-10-22-14(3)11-18(24)23-12-17(21-19(22)23)15-6-8-16(20)9-7-15/h6-9,11-13H,4-5,10H2,1-3H3. The van der Waals surface area contributed by atoms with Crippen LogP contribution in [0, 0.1) is 12.8 Å². The fourth-order valence-corrected chi connectivity index (χ4v) is 3.03. The number of nitrogens with zero attached hydrogens (tertiary/aromatic N) is 3. The van der Waals surface area contributed by atoms with Crippen LogP contribution in [0.5, 0.6) is 0 Å². The van der Waals surface area contributed by atoms with Crippen LogP contribution >= 0.6 is 11.6 Å². The molecule has 0 saturated carbocycles. The summed E-state index contributed by atoms with van der Waals surface area (Å²) in [6, 6.07) is 9.19. The van der Waals surface area contributed by atoms with E-state index in [0.717, 1.165) is 36.3 Å². The minimum atomic E-state index is -0.0460. The molecule has 5 heteroatoms. The zero-order valence-electron chi connectivity index (χ0n) is 14.3. The first-order valence-electron chi connectivity index (χ1n) is 8.31. The van der Waals surface area contributed by atoms with Crippen LogP contribution in [0.15, 0.2) is 41.3 Å². The molecule has 2 heterocycles. The molecule has 0 amide bonds. The van der Waals surface area contributed by atoms with Gasteiger partial charge in [-0.25, -0.2) is 4.98 Å². The van der Waals surface area contributed by atoms with Crippen molar-refractivity contribution in [1.29, 1.82) is 0 Å². The van der Waals surface area contributed by atoms with Crippen LogP contribution in [-0.4, -0.2) is 14.0 Å². The summed E-state index contributed by atoms with van der Waals surface area (Å²) in [5.74, 6) is 1.37. The first kappa shape index (κ1) is 16.8. The van der Waals surface area contributed by atoms with E-state index in [1.54, 1.807) is 16.7 Å². The molecule has 0 fully saturated rings. The predicted octanol–water partition coefficient (Wildman–Crippen LogP) is 4.56. The van der Waals surface area contributed by atoms with Gasteiger partial charge in [-0.3, -0.25) is 9.20 Å². The minimum absolute atomic E-state index is 0.0460. The zero-order chi connectivity index (χ0) is 17.3. The van der Waals surface area contributed by atoms with Crippen LogP contribution in [0.3, 0.4) is 0 Å². The lowest BCUT2D eigenvalue weighted by molar-refractivity contribution is 0.508. The monoisotopic (exact) mass is 343 g/mol. The normalized spacial score (nSPS) is 11.5. The van der Waals surface area contributed by atoms with Crippen LogP contribution in [0.4, 0.5) is 0 Å². The lowest BCUT2D eigenvalue weighted by atomic mass is 10.1. The molecule has 126 valence electrons. The fourth-order valence-electron chi connectivity index (χ4n) is 2.90. The van der Waals surface area contributed by atoms with E-state index < -0.39 is 0 Å². The molecule has 0 saturated heterocycles. The summed E-state index contributed by atoms with van der Waals surface area (Å²) in [5.41, 5.74) is 2.64.